The fourth-order valence-electron chi connectivity index (χ4n) is 3.09. The monoisotopic (exact) mass is 291 g/mol. The normalized spacial score (nSPS) is 22.1. The van der Waals surface area contributed by atoms with Crippen molar-refractivity contribution >= 4 is 0 Å². The molecule has 1 N–H and O–H groups in total. The summed E-state index contributed by atoms with van der Waals surface area (Å²) < 4.78 is 40.9. The van der Waals surface area contributed by atoms with Crippen molar-refractivity contribution in [3.63, 3.8) is 0 Å². The number of benzene rings is 2. The van der Waals surface area contributed by atoms with Gasteiger partial charge in [-0.25, -0.2) is 13.2 Å². The first kappa shape index (κ1) is 14.1. The molecule has 0 spiro atoms. The van der Waals surface area contributed by atoms with Gasteiger partial charge in [0.05, 0.1) is 0 Å². The highest BCUT2D eigenvalue weighted by molar-refractivity contribution is 5.32. The van der Waals surface area contributed by atoms with E-state index in [-0.39, 0.29) is 17.4 Å². The van der Waals surface area contributed by atoms with Crippen LogP contribution in [0.5, 0.6) is 0 Å². The minimum atomic E-state index is -0.890. The van der Waals surface area contributed by atoms with E-state index in [1.165, 1.54) is 5.56 Å². The van der Waals surface area contributed by atoms with E-state index in [0.29, 0.717) is 0 Å². The lowest BCUT2D eigenvalue weighted by Crippen LogP contribution is -2.22. The van der Waals surface area contributed by atoms with Gasteiger partial charge in [-0.2, -0.15) is 0 Å². The Morgan fingerprint density at radius 1 is 1.05 bits per heavy atom. The molecule has 1 aliphatic rings. The molecule has 0 aliphatic heterocycles. The van der Waals surface area contributed by atoms with Gasteiger partial charge in [-0.1, -0.05) is 30.3 Å². The molecular weight excluding hydrogens is 275 g/mol. The van der Waals surface area contributed by atoms with Crippen molar-refractivity contribution < 1.29 is 13.2 Å². The summed E-state index contributed by atoms with van der Waals surface area (Å²) in [5.41, 5.74) is 1.10. The van der Waals surface area contributed by atoms with Gasteiger partial charge in [0.2, 0.25) is 0 Å². The van der Waals surface area contributed by atoms with Gasteiger partial charge in [-0.3, -0.25) is 0 Å². The van der Waals surface area contributed by atoms with Crippen LogP contribution in [0.3, 0.4) is 0 Å². The Kier molecular flexibility index (Phi) is 3.72. The van der Waals surface area contributed by atoms with Gasteiger partial charge in [0.25, 0.3) is 0 Å². The molecule has 1 saturated carbocycles. The Morgan fingerprint density at radius 2 is 1.67 bits per heavy atom. The molecule has 4 heteroatoms. The van der Waals surface area contributed by atoms with E-state index in [1.807, 2.05) is 30.3 Å². The summed E-state index contributed by atoms with van der Waals surface area (Å²) in [6.07, 6.45) is 0.867. The molecule has 0 bridgehead atoms. The molecule has 1 aliphatic carbocycles. The van der Waals surface area contributed by atoms with E-state index in [1.54, 1.807) is 7.05 Å². The Morgan fingerprint density at radius 3 is 2.24 bits per heavy atom. The third-order valence-corrected chi connectivity index (χ3v) is 4.16. The molecule has 1 fully saturated rings. The summed E-state index contributed by atoms with van der Waals surface area (Å²) in [6.45, 7) is 0. The lowest BCUT2D eigenvalue weighted by molar-refractivity contribution is 0.444. The molecule has 2 aromatic carbocycles. The van der Waals surface area contributed by atoms with Crippen LogP contribution < -0.4 is 5.32 Å². The van der Waals surface area contributed by atoms with Crippen molar-refractivity contribution in [1.29, 1.82) is 0 Å². The van der Waals surface area contributed by atoms with E-state index in [0.717, 1.165) is 18.6 Å². The summed E-state index contributed by atoms with van der Waals surface area (Å²) in [5.74, 6) is -2.14. The van der Waals surface area contributed by atoms with Crippen molar-refractivity contribution in [1.82, 2.24) is 5.32 Å². The maximum absolute atomic E-state index is 13.9. The van der Waals surface area contributed by atoms with Crippen LogP contribution in [0.1, 0.15) is 29.5 Å². The van der Waals surface area contributed by atoms with E-state index in [2.05, 4.69) is 5.32 Å². The smallest absolute Gasteiger partial charge is 0.133 e. The molecule has 0 aromatic heterocycles. The molecule has 1 nitrogen and oxygen atoms in total. The number of hydrogen-bond donors (Lipinski definition) is 1. The zero-order chi connectivity index (χ0) is 15.0. The Balaban J connectivity index is 1.88. The predicted octanol–water partition coefficient (Wildman–Crippen LogP) is 4.17. The van der Waals surface area contributed by atoms with Crippen LogP contribution >= 0.6 is 0 Å². The minimum Gasteiger partial charge on any atom is -0.313 e. The third-order valence-electron chi connectivity index (χ3n) is 4.16. The molecule has 3 unspecified atom stereocenters. The fraction of sp³-hybridized carbons (Fsp3) is 0.294. The number of nitrogens with one attached hydrogen (secondary N) is 1. The molecular formula is C17H16F3N. The molecule has 3 rings (SSSR count). The molecule has 110 valence electrons. The van der Waals surface area contributed by atoms with E-state index in [4.69, 9.17) is 0 Å². The number of rotatable bonds is 4. The second kappa shape index (κ2) is 5.53. The van der Waals surface area contributed by atoms with Gasteiger partial charge < -0.3 is 5.32 Å². The number of halogens is 3. The maximum Gasteiger partial charge on any atom is 0.133 e. The Hall–Kier alpha value is -1.81. The molecule has 2 aromatic rings. The van der Waals surface area contributed by atoms with Gasteiger partial charge in [0, 0.05) is 23.7 Å². The van der Waals surface area contributed by atoms with Gasteiger partial charge in [0.15, 0.2) is 0 Å². The van der Waals surface area contributed by atoms with Crippen molar-refractivity contribution in [2.24, 2.45) is 5.92 Å². The quantitative estimate of drug-likeness (QED) is 0.891. The largest absolute Gasteiger partial charge is 0.313 e. The molecule has 0 saturated heterocycles. The van der Waals surface area contributed by atoms with Gasteiger partial charge in [-0.05, 0) is 30.9 Å². The zero-order valence-electron chi connectivity index (χ0n) is 11.6. The molecule has 21 heavy (non-hydrogen) atoms. The first-order valence-electron chi connectivity index (χ1n) is 6.98. The summed E-state index contributed by atoms with van der Waals surface area (Å²) in [4.78, 5) is 0. The first-order valence-corrected chi connectivity index (χ1v) is 6.98. The standard InChI is InChI=1S/C17H16F3N/c1-21-17(16-14(19)7-11(18)8-15(16)20)13-9-12(13)10-5-3-2-4-6-10/h2-8,12-13,17,21H,9H2,1H3. The van der Waals surface area contributed by atoms with Gasteiger partial charge in [0.1, 0.15) is 17.5 Å². The van der Waals surface area contributed by atoms with E-state index >= 15 is 0 Å². The zero-order valence-corrected chi connectivity index (χ0v) is 11.6. The van der Waals surface area contributed by atoms with Gasteiger partial charge in [-0.15, -0.1) is 0 Å². The third kappa shape index (κ3) is 2.68. The number of hydrogen-bond acceptors (Lipinski definition) is 1. The van der Waals surface area contributed by atoms with E-state index in [9.17, 15) is 13.2 Å². The van der Waals surface area contributed by atoms with Crippen molar-refractivity contribution in [2.75, 3.05) is 7.05 Å². The molecule has 3 atom stereocenters. The maximum atomic E-state index is 13.9. The van der Waals surface area contributed by atoms with Crippen LogP contribution in [0.25, 0.3) is 0 Å². The van der Waals surface area contributed by atoms with Crippen molar-refractivity contribution in [3.8, 4) is 0 Å². The average Bonchev–Trinajstić information content (AvgIpc) is 3.23. The van der Waals surface area contributed by atoms with Crippen LogP contribution in [-0.2, 0) is 0 Å². The highest BCUT2D eigenvalue weighted by Gasteiger charge is 2.45. The summed E-state index contributed by atoms with van der Waals surface area (Å²) in [5, 5.41) is 2.98. The Bertz CT molecular complexity index is 619. The van der Waals surface area contributed by atoms with Crippen molar-refractivity contribution in [3.05, 3.63) is 71.0 Å². The minimum absolute atomic E-state index is 0.0673. The lowest BCUT2D eigenvalue weighted by atomic mass is 9.97. The second-order valence-electron chi connectivity index (χ2n) is 5.47. The summed E-state index contributed by atoms with van der Waals surface area (Å²) >= 11 is 0. The van der Waals surface area contributed by atoms with Crippen LogP contribution in [0.2, 0.25) is 0 Å². The SMILES string of the molecule is CNC(c1c(F)cc(F)cc1F)C1CC1c1ccccc1. The second-order valence-corrected chi connectivity index (χ2v) is 5.47. The topological polar surface area (TPSA) is 12.0 Å². The average molecular weight is 291 g/mol. The predicted molar refractivity (Wildman–Crippen MR) is 75.4 cm³/mol. The fourth-order valence-corrected chi connectivity index (χ4v) is 3.09. The molecule has 0 heterocycles. The molecule has 0 amide bonds. The summed E-state index contributed by atoms with van der Waals surface area (Å²) in [7, 11) is 1.67. The van der Waals surface area contributed by atoms with Crippen LogP contribution in [0, 0.1) is 23.4 Å². The lowest BCUT2D eigenvalue weighted by Gasteiger charge is -2.18. The van der Waals surface area contributed by atoms with Crippen LogP contribution in [0.15, 0.2) is 42.5 Å². The van der Waals surface area contributed by atoms with Crippen LogP contribution in [-0.4, -0.2) is 7.05 Å². The van der Waals surface area contributed by atoms with E-state index < -0.39 is 23.5 Å². The Labute approximate surface area is 121 Å². The van der Waals surface area contributed by atoms with Crippen LogP contribution in [0.4, 0.5) is 13.2 Å². The molecule has 0 radical (unpaired) electrons. The van der Waals surface area contributed by atoms with Crippen molar-refractivity contribution in [2.45, 2.75) is 18.4 Å². The summed E-state index contributed by atoms with van der Waals surface area (Å²) in [6, 6.07) is 10.9. The highest BCUT2D eigenvalue weighted by atomic mass is 19.1. The van der Waals surface area contributed by atoms with Gasteiger partial charge >= 0.3 is 0 Å². The highest BCUT2D eigenvalue weighted by Crippen LogP contribution is 2.54. The first-order chi connectivity index (χ1) is 10.1.